The summed E-state index contributed by atoms with van der Waals surface area (Å²) in [5.41, 5.74) is 5.65. The summed E-state index contributed by atoms with van der Waals surface area (Å²) in [6.45, 7) is 3.67. The van der Waals surface area contributed by atoms with Crippen molar-refractivity contribution in [1.29, 1.82) is 0 Å². The molecule has 0 saturated carbocycles. The second-order valence-corrected chi connectivity index (χ2v) is 7.91. The number of primary amides is 1. The Balaban J connectivity index is 1.88. The number of para-hydroxylation sites is 1. The number of piperidine rings is 1. The van der Waals surface area contributed by atoms with Gasteiger partial charge in [-0.15, -0.1) is 0 Å². The maximum atomic E-state index is 15.4. The smallest absolute Gasteiger partial charge is 0.218 e. The van der Waals surface area contributed by atoms with Gasteiger partial charge in [0.2, 0.25) is 5.91 Å². The molecular formula is C23H29F2N3O2. The number of carbonyl (C=O) groups is 1. The molecule has 1 fully saturated rings. The summed E-state index contributed by atoms with van der Waals surface area (Å²) in [4.78, 5) is 11.3. The summed E-state index contributed by atoms with van der Waals surface area (Å²) < 4.78 is 35.4. The zero-order valence-corrected chi connectivity index (χ0v) is 17.2. The SMILES string of the molecule is C[C@@H](CC(N)=O)N[C@H](CC1CCNCC1)c1ccc(F)c(Oc2ccccc2)c1F. The highest BCUT2D eigenvalue weighted by atomic mass is 19.1. The van der Waals surface area contributed by atoms with Crippen LogP contribution in [-0.2, 0) is 4.79 Å². The standard InChI is InChI=1S/C23H29F2N3O2/c1-15(13-21(26)29)28-20(14-16-9-11-27-12-10-16)18-7-8-19(24)23(22(18)25)30-17-5-3-2-4-6-17/h2-8,15-16,20,27-28H,9-14H2,1H3,(H2,26,29)/t15-,20+/m0/s1. The predicted molar refractivity (Wildman–Crippen MR) is 112 cm³/mol. The number of nitrogens with one attached hydrogen (secondary N) is 2. The number of hydrogen-bond acceptors (Lipinski definition) is 4. The highest BCUT2D eigenvalue weighted by molar-refractivity contribution is 5.74. The van der Waals surface area contributed by atoms with E-state index in [-0.39, 0.29) is 18.5 Å². The van der Waals surface area contributed by atoms with Crippen molar-refractivity contribution in [3.8, 4) is 11.5 Å². The van der Waals surface area contributed by atoms with Crippen LogP contribution in [0, 0.1) is 17.6 Å². The van der Waals surface area contributed by atoms with E-state index in [2.05, 4.69) is 10.6 Å². The Morgan fingerprint density at radius 2 is 1.90 bits per heavy atom. The van der Waals surface area contributed by atoms with Gasteiger partial charge in [0.1, 0.15) is 5.75 Å². The summed E-state index contributed by atoms with van der Waals surface area (Å²) in [5.74, 6) is -1.57. The molecule has 1 amide bonds. The minimum atomic E-state index is -0.758. The molecule has 5 nitrogen and oxygen atoms in total. The van der Waals surface area contributed by atoms with Gasteiger partial charge in [-0.05, 0) is 63.4 Å². The first-order chi connectivity index (χ1) is 14.4. The maximum absolute atomic E-state index is 15.4. The number of rotatable bonds is 9. The van der Waals surface area contributed by atoms with E-state index in [0.29, 0.717) is 23.7 Å². The van der Waals surface area contributed by atoms with Crippen LogP contribution in [0.2, 0.25) is 0 Å². The Hall–Kier alpha value is -2.51. The van der Waals surface area contributed by atoms with Crippen LogP contribution < -0.4 is 21.1 Å². The molecule has 0 unspecified atom stereocenters. The van der Waals surface area contributed by atoms with Crippen molar-refractivity contribution in [3.05, 3.63) is 59.7 Å². The molecule has 0 spiro atoms. The van der Waals surface area contributed by atoms with Gasteiger partial charge in [-0.2, -0.15) is 0 Å². The Morgan fingerprint density at radius 1 is 1.20 bits per heavy atom. The summed E-state index contributed by atoms with van der Waals surface area (Å²) in [6, 6.07) is 10.6. The van der Waals surface area contributed by atoms with E-state index in [9.17, 15) is 9.18 Å². The minimum absolute atomic E-state index is 0.138. The molecule has 0 radical (unpaired) electrons. The summed E-state index contributed by atoms with van der Waals surface area (Å²) in [5, 5.41) is 6.65. The average molecular weight is 418 g/mol. The average Bonchev–Trinajstić information content (AvgIpc) is 2.72. The molecule has 2 atom stereocenters. The van der Waals surface area contributed by atoms with Gasteiger partial charge in [0, 0.05) is 24.1 Å². The van der Waals surface area contributed by atoms with Gasteiger partial charge >= 0.3 is 0 Å². The van der Waals surface area contributed by atoms with Gasteiger partial charge in [-0.3, -0.25) is 4.79 Å². The fraction of sp³-hybridized carbons (Fsp3) is 0.435. The Bertz CT molecular complexity index is 842. The van der Waals surface area contributed by atoms with E-state index in [1.165, 1.54) is 12.1 Å². The summed E-state index contributed by atoms with van der Waals surface area (Å²) >= 11 is 0. The first-order valence-corrected chi connectivity index (χ1v) is 10.4. The van der Waals surface area contributed by atoms with Crippen LogP contribution in [0.1, 0.15) is 44.2 Å². The fourth-order valence-electron chi connectivity index (χ4n) is 3.96. The van der Waals surface area contributed by atoms with Crippen molar-refractivity contribution < 1.29 is 18.3 Å². The predicted octanol–water partition coefficient (Wildman–Crippen LogP) is 4.04. The van der Waals surface area contributed by atoms with Gasteiger partial charge in [-0.25, -0.2) is 8.78 Å². The van der Waals surface area contributed by atoms with Crippen molar-refractivity contribution in [2.24, 2.45) is 11.7 Å². The minimum Gasteiger partial charge on any atom is -0.451 e. The molecule has 2 aromatic carbocycles. The highest BCUT2D eigenvalue weighted by Crippen LogP contribution is 2.35. The van der Waals surface area contributed by atoms with Crippen LogP contribution in [0.5, 0.6) is 11.5 Å². The van der Waals surface area contributed by atoms with Crippen LogP contribution in [0.25, 0.3) is 0 Å². The number of halogens is 2. The second-order valence-electron chi connectivity index (χ2n) is 7.91. The van der Waals surface area contributed by atoms with E-state index in [1.54, 1.807) is 30.3 Å². The van der Waals surface area contributed by atoms with E-state index >= 15 is 4.39 Å². The van der Waals surface area contributed by atoms with E-state index < -0.39 is 23.3 Å². The number of ether oxygens (including phenoxy) is 1. The van der Waals surface area contributed by atoms with Crippen molar-refractivity contribution in [1.82, 2.24) is 10.6 Å². The van der Waals surface area contributed by atoms with Crippen LogP contribution in [-0.4, -0.2) is 25.0 Å². The van der Waals surface area contributed by atoms with Gasteiger partial charge < -0.3 is 21.1 Å². The Kier molecular flexibility index (Phi) is 7.76. The van der Waals surface area contributed by atoms with Gasteiger partial charge in [-0.1, -0.05) is 24.3 Å². The summed E-state index contributed by atoms with van der Waals surface area (Å²) in [6.07, 6.45) is 2.79. The van der Waals surface area contributed by atoms with Gasteiger partial charge in [0.05, 0.1) is 0 Å². The lowest BCUT2D eigenvalue weighted by molar-refractivity contribution is -0.118. The van der Waals surface area contributed by atoms with Crippen LogP contribution in [0.15, 0.2) is 42.5 Å². The normalized spacial score (nSPS) is 16.8. The Labute approximate surface area is 176 Å². The van der Waals surface area contributed by atoms with Crippen molar-refractivity contribution in [2.45, 2.75) is 44.7 Å². The summed E-state index contributed by atoms with van der Waals surface area (Å²) in [7, 11) is 0. The third kappa shape index (κ3) is 6.00. The van der Waals surface area contributed by atoms with Crippen LogP contribution in [0.3, 0.4) is 0 Å². The number of benzene rings is 2. The molecule has 30 heavy (non-hydrogen) atoms. The highest BCUT2D eigenvalue weighted by Gasteiger charge is 2.27. The third-order valence-electron chi connectivity index (χ3n) is 5.44. The third-order valence-corrected chi connectivity index (χ3v) is 5.44. The number of hydrogen-bond donors (Lipinski definition) is 3. The molecule has 2 aromatic rings. The van der Waals surface area contributed by atoms with Crippen molar-refractivity contribution >= 4 is 5.91 Å². The lowest BCUT2D eigenvalue weighted by Crippen LogP contribution is -2.37. The molecule has 4 N–H and O–H groups in total. The van der Waals surface area contributed by atoms with E-state index in [0.717, 1.165) is 25.9 Å². The Morgan fingerprint density at radius 3 is 2.57 bits per heavy atom. The molecule has 1 heterocycles. The molecular weight excluding hydrogens is 388 g/mol. The van der Waals surface area contributed by atoms with Gasteiger partial charge in [0.25, 0.3) is 0 Å². The molecule has 0 aliphatic carbocycles. The topological polar surface area (TPSA) is 76.4 Å². The quantitative estimate of drug-likeness (QED) is 0.576. The van der Waals surface area contributed by atoms with Crippen LogP contribution >= 0.6 is 0 Å². The van der Waals surface area contributed by atoms with Crippen molar-refractivity contribution in [3.63, 3.8) is 0 Å². The molecule has 3 rings (SSSR count). The molecule has 7 heteroatoms. The van der Waals surface area contributed by atoms with Crippen LogP contribution in [0.4, 0.5) is 8.78 Å². The number of amides is 1. The lowest BCUT2D eigenvalue weighted by Gasteiger charge is -2.30. The number of carbonyl (C=O) groups excluding carboxylic acids is 1. The zero-order valence-electron chi connectivity index (χ0n) is 17.2. The number of nitrogens with two attached hydrogens (primary N) is 1. The van der Waals surface area contributed by atoms with Crippen molar-refractivity contribution in [2.75, 3.05) is 13.1 Å². The van der Waals surface area contributed by atoms with Gasteiger partial charge in [0.15, 0.2) is 17.4 Å². The molecule has 0 aromatic heterocycles. The monoisotopic (exact) mass is 417 g/mol. The van der Waals surface area contributed by atoms with E-state index in [1.807, 2.05) is 6.92 Å². The molecule has 1 saturated heterocycles. The molecule has 1 aliphatic heterocycles. The zero-order chi connectivity index (χ0) is 21.5. The molecule has 0 bridgehead atoms. The lowest BCUT2D eigenvalue weighted by atomic mass is 9.87. The second kappa shape index (κ2) is 10.5. The maximum Gasteiger partial charge on any atom is 0.218 e. The largest absolute Gasteiger partial charge is 0.451 e. The molecule has 1 aliphatic rings. The first-order valence-electron chi connectivity index (χ1n) is 10.4. The van der Waals surface area contributed by atoms with E-state index in [4.69, 9.17) is 10.5 Å². The first kappa shape index (κ1) is 22.2. The fourth-order valence-corrected chi connectivity index (χ4v) is 3.96. The molecule has 162 valence electrons.